The van der Waals surface area contributed by atoms with Gasteiger partial charge in [0, 0.05) is 18.3 Å². The number of carbonyl (C=O) groups is 1. The summed E-state index contributed by atoms with van der Waals surface area (Å²) in [4.78, 5) is 15.2. The quantitative estimate of drug-likeness (QED) is 0.815. The number of amides is 1. The molecule has 0 saturated heterocycles. The van der Waals surface area contributed by atoms with Gasteiger partial charge in [0.25, 0.3) is 0 Å². The van der Waals surface area contributed by atoms with Crippen LogP contribution < -0.4 is 5.32 Å². The Morgan fingerprint density at radius 3 is 2.50 bits per heavy atom. The van der Waals surface area contributed by atoms with E-state index < -0.39 is 5.54 Å². The molecule has 0 spiro atoms. The summed E-state index contributed by atoms with van der Waals surface area (Å²) < 4.78 is 0. The van der Waals surface area contributed by atoms with Gasteiger partial charge in [-0.1, -0.05) is 36.4 Å². The Balaban J connectivity index is 2.30. The number of aromatic nitrogens is 1. The van der Waals surface area contributed by atoms with Crippen molar-refractivity contribution >= 4 is 6.41 Å². The first-order valence-electron chi connectivity index (χ1n) is 5.91. The van der Waals surface area contributed by atoms with Crippen LogP contribution in [0.3, 0.4) is 0 Å². The fourth-order valence-electron chi connectivity index (χ4n) is 2.04. The maximum Gasteiger partial charge on any atom is 0.207 e. The molecule has 1 aromatic heterocycles. The van der Waals surface area contributed by atoms with Crippen LogP contribution >= 0.6 is 0 Å². The van der Waals surface area contributed by atoms with Gasteiger partial charge in [-0.2, -0.15) is 0 Å². The van der Waals surface area contributed by atoms with Crippen molar-refractivity contribution in [2.24, 2.45) is 0 Å². The Hall–Kier alpha value is -2.16. The van der Waals surface area contributed by atoms with Gasteiger partial charge in [-0.25, -0.2) is 0 Å². The van der Waals surface area contributed by atoms with E-state index in [1.807, 2.05) is 55.5 Å². The van der Waals surface area contributed by atoms with Gasteiger partial charge in [-0.05, 0) is 24.6 Å². The highest BCUT2D eigenvalue weighted by atomic mass is 16.1. The van der Waals surface area contributed by atoms with Crippen LogP contribution in [-0.2, 0) is 16.8 Å². The number of hydrogen-bond donors (Lipinski definition) is 1. The van der Waals surface area contributed by atoms with Crippen LogP contribution in [-0.4, -0.2) is 11.4 Å². The highest BCUT2D eigenvalue weighted by Gasteiger charge is 2.26. The van der Waals surface area contributed by atoms with Gasteiger partial charge in [0.05, 0.1) is 5.54 Å². The second-order valence-corrected chi connectivity index (χ2v) is 4.46. The molecule has 1 amide bonds. The minimum Gasteiger partial charge on any atom is -0.349 e. The molecular weight excluding hydrogens is 224 g/mol. The Labute approximate surface area is 107 Å². The summed E-state index contributed by atoms with van der Waals surface area (Å²) in [6.45, 7) is 2.01. The van der Waals surface area contributed by atoms with Gasteiger partial charge in [0.15, 0.2) is 0 Å². The number of pyridine rings is 1. The zero-order chi connectivity index (χ0) is 12.8. The maximum atomic E-state index is 10.9. The lowest BCUT2D eigenvalue weighted by molar-refractivity contribution is -0.111. The van der Waals surface area contributed by atoms with Crippen LogP contribution in [0.4, 0.5) is 0 Å². The van der Waals surface area contributed by atoms with Gasteiger partial charge in [-0.3, -0.25) is 9.78 Å². The molecule has 92 valence electrons. The average molecular weight is 240 g/mol. The van der Waals surface area contributed by atoms with Crippen LogP contribution in [0.15, 0.2) is 54.7 Å². The van der Waals surface area contributed by atoms with Crippen molar-refractivity contribution in [3.8, 4) is 0 Å². The Morgan fingerprint density at radius 2 is 1.89 bits per heavy atom. The molecule has 0 saturated carbocycles. The lowest BCUT2D eigenvalue weighted by atomic mass is 9.87. The van der Waals surface area contributed by atoms with Crippen LogP contribution in [0.25, 0.3) is 0 Å². The normalized spacial score (nSPS) is 13.6. The molecule has 0 bridgehead atoms. The Bertz CT molecular complexity index is 498. The van der Waals surface area contributed by atoms with Crippen LogP contribution in [0.2, 0.25) is 0 Å². The van der Waals surface area contributed by atoms with E-state index >= 15 is 0 Å². The molecule has 2 rings (SSSR count). The first kappa shape index (κ1) is 12.3. The predicted molar refractivity (Wildman–Crippen MR) is 70.9 cm³/mol. The topological polar surface area (TPSA) is 42.0 Å². The molecule has 1 atom stereocenters. The summed E-state index contributed by atoms with van der Waals surface area (Å²) >= 11 is 0. The maximum absolute atomic E-state index is 10.9. The summed E-state index contributed by atoms with van der Waals surface area (Å²) in [6.07, 6.45) is 3.17. The summed E-state index contributed by atoms with van der Waals surface area (Å²) in [6, 6.07) is 15.7. The van der Waals surface area contributed by atoms with Gasteiger partial charge in [0.2, 0.25) is 6.41 Å². The summed E-state index contributed by atoms with van der Waals surface area (Å²) in [5.74, 6) is 0. The largest absolute Gasteiger partial charge is 0.349 e. The second-order valence-electron chi connectivity index (χ2n) is 4.46. The van der Waals surface area contributed by atoms with E-state index in [4.69, 9.17) is 0 Å². The predicted octanol–water partition coefficient (Wildman–Crippen LogP) is 2.29. The molecule has 18 heavy (non-hydrogen) atoms. The molecule has 1 aromatic carbocycles. The molecule has 1 heterocycles. The molecule has 1 unspecified atom stereocenters. The molecule has 0 aliphatic carbocycles. The smallest absolute Gasteiger partial charge is 0.207 e. The lowest BCUT2D eigenvalue weighted by Crippen LogP contribution is -2.40. The van der Waals surface area contributed by atoms with Gasteiger partial charge in [-0.15, -0.1) is 0 Å². The zero-order valence-electron chi connectivity index (χ0n) is 10.3. The van der Waals surface area contributed by atoms with Crippen molar-refractivity contribution in [1.29, 1.82) is 0 Å². The van der Waals surface area contributed by atoms with Gasteiger partial charge >= 0.3 is 0 Å². The molecule has 3 nitrogen and oxygen atoms in total. The summed E-state index contributed by atoms with van der Waals surface area (Å²) in [5, 5.41) is 2.90. The third-order valence-corrected chi connectivity index (χ3v) is 3.05. The van der Waals surface area contributed by atoms with Crippen molar-refractivity contribution in [2.45, 2.75) is 18.9 Å². The van der Waals surface area contributed by atoms with Crippen LogP contribution in [0.1, 0.15) is 18.2 Å². The molecular formula is C15H16N2O. The minimum absolute atomic E-state index is 0.433. The average Bonchev–Trinajstić information content (AvgIpc) is 2.41. The van der Waals surface area contributed by atoms with Gasteiger partial charge in [0.1, 0.15) is 0 Å². The van der Waals surface area contributed by atoms with Crippen LogP contribution in [0.5, 0.6) is 0 Å². The second kappa shape index (κ2) is 5.45. The Morgan fingerprint density at radius 1 is 1.17 bits per heavy atom. The third kappa shape index (κ3) is 2.74. The number of hydrogen-bond acceptors (Lipinski definition) is 2. The number of benzene rings is 1. The van der Waals surface area contributed by atoms with E-state index in [1.165, 1.54) is 0 Å². The number of nitrogens with one attached hydrogen (secondary N) is 1. The highest BCUT2D eigenvalue weighted by molar-refractivity contribution is 5.49. The molecule has 0 fully saturated rings. The van der Waals surface area contributed by atoms with E-state index in [2.05, 4.69) is 10.3 Å². The molecule has 0 aliphatic heterocycles. The van der Waals surface area contributed by atoms with Crippen molar-refractivity contribution in [3.63, 3.8) is 0 Å². The highest BCUT2D eigenvalue weighted by Crippen LogP contribution is 2.24. The van der Waals surface area contributed by atoms with Crippen molar-refractivity contribution in [1.82, 2.24) is 10.3 Å². The standard InChI is InChI=1S/C15H16N2O/c1-15(17-12-18,13-7-3-2-4-8-13)11-14-9-5-6-10-16-14/h2-10,12H,11H2,1H3,(H,17,18). The van der Waals surface area contributed by atoms with E-state index in [-0.39, 0.29) is 0 Å². The number of carbonyl (C=O) groups excluding carboxylic acids is 1. The SMILES string of the molecule is CC(Cc1ccccn1)(NC=O)c1ccccc1. The van der Waals surface area contributed by atoms with Crippen LogP contribution in [0, 0.1) is 0 Å². The first-order chi connectivity index (χ1) is 8.74. The van der Waals surface area contributed by atoms with Crippen molar-refractivity contribution in [3.05, 3.63) is 66.0 Å². The van der Waals surface area contributed by atoms with E-state index in [9.17, 15) is 4.79 Å². The van der Waals surface area contributed by atoms with E-state index in [0.717, 1.165) is 17.7 Å². The molecule has 2 aromatic rings. The first-order valence-corrected chi connectivity index (χ1v) is 5.91. The number of nitrogens with zero attached hydrogens (tertiary/aromatic N) is 1. The summed E-state index contributed by atoms with van der Waals surface area (Å²) in [5.41, 5.74) is 1.60. The fraction of sp³-hybridized carbons (Fsp3) is 0.200. The number of rotatable bonds is 5. The van der Waals surface area contributed by atoms with Crippen molar-refractivity contribution < 1.29 is 4.79 Å². The molecule has 3 heteroatoms. The van der Waals surface area contributed by atoms with E-state index in [1.54, 1.807) is 6.20 Å². The Kier molecular flexibility index (Phi) is 3.72. The fourth-order valence-corrected chi connectivity index (χ4v) is 2.04. The molecule has 0 radical (unpaired) electrons. The molecule has 1 N–H and O–H groups in total. The van der Waals surface area contributed by atoms with Gasteiger partial charge < -0.3 is 5.32 Å². The summed E-state index contributed by atoms with van der Waals surface area (Å²) in [7, 11) is 0. The van der Waals surface area contributed by atoms with Crippen molar-refractivity contribution in [2.75, 3.05) is 0 Å². The van der Waals surface area contributed by atoms with E-state index in [0.29, 0.717) is 6.42 Å². The minimum atomic E-state index is -0.433. The lowest BCUT2D eigenvalue weighted by Gasteiger charge is -2.29. The zero-order valence-corrected chi connectivity index (χ0v) is 10.3. The monoisotopic (exact) mass is 240 g/mol. The molecule has 0 aliphatic rings. The third-order valence-electron chi connectivity index (χ3n) is 3.05.